The van der Waals surface area contributed by atoms with Gasteiger partial charge in [-0.2, -0.15) is 0 Å². The van der Waals surface area contributed by atoms with Gasteiger partial charge in [-0.15, -0.1) is 0 Å². The summed E-state index contributed by atoms with van der Waals surface area (Å²) < 4.78 is 0. The van der Waals surface area contributed by atoms with Gasteiger partial charge in [0.1, 0.15) is 0 Å². The van der Waals surface area contributed by atoms with E-state index < -0.39 is 0 Å². The first-order chi connectivity index (χ1) is 8.16. The lowest BCUT2D eigenvalue weighted by Gasteiger charge is -2.20. The van der Waals surface area contributed by atoms with E-state index in [1.807, 2.05) is 30.5 Å². The molecule has 1 N–H and O–H groups in total. The van der Waals surface area contributed by atoms with Crippen LogP contribution in [0, 0.1) is 0 Å². The van der Waals surface area contributed by atoms with E-state index in [9.17, 15) is 0 Å². The average molecular weight is 229 g/mol. The van der Waals surface area contributed by atoms with E-state index in [1.54, 1.807) is 0 Å². The van der Waals surface area contributed by atoms with Gasteiger partial charge in [0.05, 0.1) is 5.52 Å². The molecule has 1 heterocycles. The molecule has 0 radical (unpaired) electrons. The SMILES string of the molecule is CC(CN(C)C)Nc1ccnc2ccccc12. The highest BCUT2D eigenvalue weighted by atomic mass is 15.1. The van der Waals surface area contributed by atoms with Crippen LogP contribution in [0.1, 0.15) is 6.92 Å². The highest BCUT2D eigenvalue weighted by molar-refractivity contribution is 5.90. The zero-order chi connectivity index (χ0) is 12.3. The Bertz CT molecular complexity index is 488. The number of hydrogen-bond acceptors (Lipinski definition) is 3. The highest BCUT2D eigenvalue weighted by Gasteiger charge is 2.06. The van der Waals surface area contributed by atoms with Gasteiger partial charge in [0.25, 0.3) is 0 Å². The molecule has 90 valence electrons. The smallest absolute Gasteiger partial charge is 0.0722 e. The molecule has 0 aliphatic heterocycles. The third-order valence-electron chi connectivity index (χ3n) is 2.69. The van der Waals surface area contributed by atoms with Gasteiger partial charge in [-0.05, 0) is 33.2 Å². The second kappa shape index (κ2) is 5.15. The Morgan fingerprint density at radius 2 is 2.00 bits per heavy atom. The molecule has 0 spiro atoms. The molecule has 0 fully saturated rings. The summed E-state index contributed by atoms with van der Waals surface area (Å²) in [7, 11) is 4.17. The number of para-hydroxylation sites is 1. The van der Waals surface area contributed by atoms with Crippen molar-refractivity contribution in [1.82, 2.24) is 9.88 Å². The van der Waals surface area contributed by atoms with Crippen LogP contribution in [0.5, 0.6) is 0 Å². The van der Waals surface area contributed by atoms with Crippen molar-refractivity contribution in [1.29, 1.82) is 0 Å². The van der Waals surface area contributed by atoms with Crippen LogP contribution in [0.25, 0.3) is 10.9 Å². The minimum absolute atomic E-state index is 0.413. The Balaban J connectivity index is 2.24. The molecule has 1 unspecified atom stereocenters. The average Bonchev–Trinajstić information content (AvgIpc) is 2.28. The Morgan fingerprint density at radius 3 is 2.76 bits per heavy atom. The van der Waals surface area contributed by atoms with Crippen molar-refractivity contribution in [3.63, 3.8) is 0 Å². The molecule has 2 aromatic rings. The van der Waals surface area contributed by atoms with Crippen LogP contribution in [-0.2, 0) is 0 Å². The largest absolute Gasteiger partial charge is 0.381 e. The number of nitrogens with zero attached hydrogens (tertiary/aromatic N) is 2. The summed E-state index contributed by atoms with van der Waals surface area (Å²) in [5, 5.41) is 4.72. The van der Waals surface area contributed by atoms with Crippen molar-refractivity contribution in [2.24, 2.45) is 0 Å². The lowest BCUT2D eigenvalue weighted by atomic mass is 10.1. The number of rotatable bonds is 4. The van der Waals surface area contributed by atoms with Crippen LogP contribution in [0.2, 0.25) is 0 Å². The van der Waals surface area contributed by atoms with E-state index >= 15 is 0 Å². The third-order valence-corrected chi connectivity index (χ3v) is 2.69. The van der Waals surface area contributed by atoms with Gasteiger partial charge in [-0.1, -0.05) is 18.2 Å². The van der Waals surface area contributed by atoms with Crippen molar-refractivity contribution in [2.75, 3.05) is 26.0 Å². The minimum atomic E-state index is 0.413. The maximum Gasteiger partial charge on any atom is 0.0722 e. The van der Waals surface area contributed by atoms with Gasteiger partial charge in [-0.3, -0.25) is 4.98 Å². The standard InChI is InChI=1S/C14H19N3/c1-11(10-17(2)3)16-14-8-9-15-13-7-5-4-6-12(13)14/h4-9,11H,10H2,1-3H3,(H,15,16). The number of pyridine rings is 1. The molecule has 3 nitrogen and oxygen atoms in total. The van der Waals surface area contributed by atoms with Crippen LogP contribution in [-0.4, -0.2) is 36.6 Å². The molecular weight excluding hydrogens is 210 g/mol. The number of aromatic nitrogens is 1. The fraction of sp³-hybridized carbons (Fsp3) is 0.357. The molecule has 1 aromatic carbocycles. The molecule has 0 aliphatic rings. The maximum absolute atomic E-state index is 4.36. The zero-order valence-corrected chi connectivity index (χ0v) is 10.6. The second-order valence-electron chi connectivity index (χ2n) is 4.68. The zero-order valence-electron chi connectivity index (χ0n) is 10.6. The van der Waals surface area contributed by atoms with E-state index in [4.69, 9.17) is 0 Å². The topological polar surface area (TPSA) is 28.2 Å². The summed E-state index contributed by atoms with van der Waals surface area (Å²) in [6.07, 6.45) is 1.85. The number of likely N-dealkylation sites (N-methyl/N-ethyl adjacent to an activating group) is 1. The molecule has 2 rings (SSSR count). The molecule has 0 saturated heterocycles. The maximum atomic E-state index is 4.36. The molecule has 1 aromatic heterocycles. The van der Waals surface area contributed by atoms with Crippen LogP contribution in [0.4, 0.5) is 5.69 Å². The number of benzene rings is 1. The molecule has 17 heavy (non-hydrogen) atoms. The van der Waals surface area contributed by atoms with Crippen molar-refractivity contribution in [3.8, 4) is 0 Å². The van der Waals surface area contributed by atoms with Crippen molar-refractivity contribution in [3.05, 3.63) is 36.5 Å². The summed E-state index contributed by atoms with van der Waals surface area (Å²) in [5.41, 5.74) is 2.19. The molecule has 1 atom stereocenters. The first kappa shape index (κ1) is 11.9. The fourth-order valence-electron chi connectivity index (χ4n) is 2.08. The summed E-state index contributed by atoms with van der Waals surface area (Å²) in [6, 6.07) is 10.7. The molecule has 0 amide bonds. The lowest BCUT2D eigenvalue weighted by Crippen LogP contribution is -2.29. The predicted molar refractivity (Wildman–Crippen MR) is 73.4 cm³/mol. The summed E-state index contributed by atoms with van der Waals surface area (Å²) in [4.78, 5) is 6.54. The van der Waals surface area contributed by atoms with E-state index in [0.717, 1.165) is 17.7 Å². The monoisotopic (exact) mass is 229 g/mol. The quantitative estimate of drug-likeness (QED) is 0.873. The molecule has 0 bridgehead atoms. The Labute approximate surface area is 102 Å². The van der Waals surface area contributed by atoms with Crippen LogP contribution >= 0.6 is 0 Å². The predicted octanol–water partition coefficient (Wildman–Crippen LogP) is 2.60. The molecule has 3 heteroatoms. The van der Waals surface area contributed by atoms with Crippen molar-refractivity contribution < 1.29 is 0 Å². The number of fused-ring (bicyclic) bond motifs is 1. The molecule has 0 saturated carbocycles. The van der Waals surface area contributed by atoms with Gasteiger partial charge in [0, 0.05) is 29.9 Å². The first-order valence-corrected chi connectivity index (χ1v) is 5.92. The van der Waals surface area contributed by atoms with Gasteiger partial charge >= 0.3 is 0 Å². The highest BCUT2D eigenvalue weighted by Crippen LogP contribution is 2.21. The molecule has 0 aliphatic carbocycles. The van der Waals surface area contributed by atoms with Gasteiger partial charge in [0.15, 0.2) is 0 Å². The summed E-state index contributed by atoms with van der Waals surface area (Å²) >= 11 is 0. The summed E-state index contributed by atoms with van der Waals surface area (Å²) in [6.45, 7) is 3.20. The Morgan fingerprint density at radius 1 is 1.24 bits per heavy atom. The number of anilines is 1. The Kier molecular flexibility index (Phi) is 3.59. The summed E-state index contributed by atoms with van der Waals surface area (Å²) in [5.74, 6) is 0. The van der Waals surface area contributed by atoms with E-state index in [1.165, 1.54) is 5.39 Å². The van der Waals surface area contributed by atoms with Crippen LogP contribution in [0.3, 0.4) is 0 Å². The van der Waals surface area contributed by atoms with E-state index in [-0.39, 0.29) is 0 Å². The third kappa shape index (κ3) is 2.94. The van der Waals surface area contributed by atoms with Gasteiger partial charge in [-0.25, -0.2) is 0 Å². The van der Waals surface area contributed by atoms with Gasteiger partial charge in [0.2, 0.25) is 0 Å². The first-order valence-electron chi connectivity index (χ1n) is 5.92. The van der Waals surface area contributed by atoms with E-state index in [2.05, 4.69) is 42.3 Å². The van der Waals surface area contributed by atoms with Crippen LogP contribution < -0.4 is 5.32 Å². The van der Waals surface area contributed by atoms with Crippen LogP contribution in [0.15, 0.2) is 36.5 Å². The van der Waals surface area contributed by atoms with Crippen molar-refractivity contribution >= 4 is 16.6 Å². The fourth-order valence-corrected chi connectivity index (χ4v) is 2.08. The number of hydrogen-bond donors (Lipinski definition) is 1. The van der Waals surface area contributed by atoms with Gasteiger partial charge < -0.3 is 10.2 Å². The van der Waals surface area contributed by atoms with Crippen molar-refractivity contribution in [2.45, 2.75) is 13.0 Å². The van der Waals surface area contributed by atoms with E-state index in [0.29, 0.717) is 6.04 Å². The molecular formula is C14H19N3. The Hall–Kier alpha value is -1.61. The second-order valence-corrected chi connectivity index (χ2v) is 4.68. The number of nitrogens with one attached hydrogen (secondary N) is 1. The normalized spacial score (nSPS) is 12.9. The minimum Gasteiger partial charge on any atom is -0.381 e. The lowest BCUT2D eigenvalue weighted by molar-refractivity contribution is 0.392.